The standard InChI is InChI=1S/C28H30N2Si.C13H13N/c1-17-15-23-19-11-7-9-13-21(19)27(25(23)29(17)3)31(5,6)28-22-14-10-8-12-20(22)24-16-18(2)30(4)26(24)28;1-9-7-12-11-6-4-3-5-10(11)8-13(12)14(9)2/h7-16,27-28H,1-6H3;3-7H,8H2,1-2H3. The lowest BCUT2D eigenvalue weighted by Crippen LogP contribution is -2.43. The highest BCUT2D eigenvalue weighted by Crippen LogP contribution is 2.58. The minimum absolute atomic E-state index is 0.483. The number of rotatable bonds is 2. The highest BCUT2D eigenvalue weighted by Gasteiger charge is 2.51. The highest BCUT2D eigenvalue weighted by molar-refractivity contribution is 6.82. The second kappa shape index (κ2) is 9.86. The molecule has 3 aliphatic carbocycles. The normalized spacial score (nSPS) is 16.8. The Morgan fingerprint density at radius 3 is 1.47 bits per heavy atom. The molecule has 2 unspecified atom stereocenters. The van der Waals surface area contributed by atoms with Crippen LogP contribution in [0.5, 0.6) is 0 Å². The maximum absolute atomic E-state index is 2.63. The number of fused-ring (bicyclic) bond motifs is 9. The lowest BCUT2D eigenvalue weighted by Gasteiger charge is -2.38. The molecule has 0 N–H and O–H groups in total. The van der Waals surface area contributed by atoms with Crippen LogP contribution in [-0.2, 0) is 27.6 Å². The van der Waals surface area contributed by atoms with Crippen LogP contribution in [0.3, 0.4) is 0 Å². The number of aryl methyl sites for hydroxylation is 3. The second-order valence-corrected chi connectivity index (χ2v) is 19.0. The number of nitrogens with zero attached hydrogens (tertiary/aromatic N) is 3. The number of hydrogen-bond donors (Lipinski definition) is 0. The fourth-order valence-electron chi connectivity index (χ4n) is 8.93. The van der Waals surface area contributed by atoms with E-state index in [1.165, 1.54) is 84.2 Å². The number of aromatic nitrogens is 3. The van der Waals surface area contributed by atoms with Crippen LogP contribution in [0.1, 0.15) is 61.9 Å². The van der Waals surface area contributed by atoms with Crippen molar-refractivity contribution in [1.29, 1.82) is 0 Å². The van der Waals surface area contributed by atoms with Crippen molar-refractivity contribution in [2.24, 2.45) is 21.1 Å². The summed E-state index contributed by atoms with van der Waals surface area (Å²) in [6.07, 6.45) is 1.09. The zero-order valence-corrected chi connectivity index (χ0v) is 28.9. The summed E-state index contributed by atoms with van der Waals surface area (Å²) in [6, 6.07) is 34.1. The molecule has 0 saturated carbocycles. The van der Waals surface area contributed by atoms with Gasteiger partial charge in [0.15, 0.2) is 0 Å². The first kappa shape index (κ1) is 28.2. The van der Waals surface area contributed by atoms with Gasteiger partial charge in [-0.3, -0.25) is 0 Å². The Balaban J connectivity index is 0.000000178. The molecule has 0 radical (unpaired) electrons. The summed E-state index contributed by atoms with van der Waals surface area (Å²) in [7, 11) is 4.76. The Bertz CT molecular complexity index is 2050. The Kier molecular flexibility index (Phi) is 6.18. The average molecular weight is 606 g/mol. The van der Waals surface area contributed by atoms with E-state index in [0.717, 1.165) is 6.42 Å². The summed E-state index contributed by atoms with van der Waals surface area (Å²) in [5, 5.41) is 0. The summed E-state index contributed by atoms with van der Waals surface area (Å²) in [5.74, 6) is 0. The molecule has 0 aliphatic heterocycles. The Morgan fingerprint density at radius 2 is 0.933 bits per heavy atom. The molecule has 3 aliphatic rings. The van der Waals surface area contributed by atoms with E-state index < -0.39 is 8.07 Å². The second-order valence-electron chi connectivity index (χ2n) is 14.2. The summed E-state index contributed by atoms with van der Waals surface area (Å²) in [6.45, 7) is 11.9. The first-order valence-electron chi connectivity index (χ1n) is 16.3. The van der Waals surface area contributed by atoms with Crippen molar-refractivity contribution in [2.45, 2.75) is 51.4 Å². The van der Waals surface area contributed by atoms with Gasteiger partial charge in [0.2, 0.25) is 0 Å². The smallest absolute Gasteiger partial charge is 0.0769 e. The van der Waals surface area contributed by atoms with Crippen LogP contribution >= 0.6 is 0 Å². The van der Waals surface area contributed by atoms with Crippen LogP contribution in [0.25, 0.3) is 33.4 Å². The van der Waals surface area contributed by atoms with E-state index in [4.69, 9.17) is 0 Å². The minimum atomic E-state index is -1.92. The van der Waals surface area contributed by atoms with Gasteiger partial charge in [-0.25, -0.2) is 0 Å². The molecule has 45 heavy (non-hydrogen) atoms. The topological polar surface area (TPSA) is 14.8 Å². The molecule has 0 saturated heterocycles. The van der Waals surface area contributed by atoms with E-state index in [2.05, 4.69) is 160 Å². The molecule has 6 aromatic rings. The molecule has 226 valence electrons. The first-order valence-corrected chi connectivity index (χ1v) is 19.5. The largest absolute Gasteiger partial charge is 0.351 e. The first-order chi connectivity index (χ1) is 21.6. The third-order valence-electron chi connectivity index (χ3n) is 11.5. The fourth-order valence-corrected chi connectivity index (χ4v) is 13.5. The van der Waals surface area contributed by atoms with Gasteiger partial charge in [0.1, 0.15) is 0 Å². The van der Waals surface area contributed by atoms with E-state index in [1.807, 2.05) is 0 Å². The summed E-state index contributed by atoms with van der Waals surface area (Å²) in [4.78, 5) is 0. The SMILES string of the molecule is Cc1cc2c(n1C)C([Si](C)(C)C1c3ccccc3-c3cc(C)n(C)c31)c1ccccc1-2.Cc1cc2c(n1C)Cc1ccccc1-2. The third-order valence-corrected chi connectivity index (χ3v) is 15.6. The molecular formula is C41H43N3Si. The molecule has 9 rings (SSSR count). The maximum atomic E-state index is 2.63. The molecule has 0 spiro atoms. The van der Waals surface area contributed by atoms with Crippen molar-refractivity contribution in [3.63, 3.8) is 0 Å². The van der Waals surface area contributed by atoms with Crippen molar-refractivity contribution < 1.29 is 0 Å². The Labute approximate surface area is 268 Å². The fraction of sp³-hybridized carbons (Fsp3) is 0.268. The lowest BCUT2D eigenvalue weighted by atomic mass is 10.1. The van der Waals surface area contributed by atoms with Gasteiger partial charge in [-0.05, 0) is 72.4 Å². The van der Waals surface area contributed by atoms with Gasteiger partial charge in [0.25, 0.3) is 0 Å². The van der Waals surface area contributed by atoms with Crippen LogP contribution in [0.2, 0.25) is 13.1 Å². The van der Waals surface area contributed by atoms with Gasteiger partial charge in [-0.2, -0.15) is 0 Å². The molecule has 0 amide bonds. The van der Waals surface area contributed by atoms with Gasteiger partial charge >= 0.3 is 0 Å². The van der Waals surface area contributed by atoms with Crippen LogP contribution < -0.4 is 0 Å². The Morgan fingerprint density at radius 1 is 0.511 bits per heavy atom. The molecule has 4 heteroatoms. The average Bonchev–Trinajstić information content (AvgIpc) is 3.84. The molecule has 3 nitrogen and oxygen atoms in total. The minimum Gasteiger partial charge on any atom is -0.351 e. The van der Waals surface area contributed by atoms with E-state index in [0.29, 0.717) is 11.1 Å². The van der Waals surface area contributed by atoms with Crippen molar-refractivity contribution in [2.75, 3.05) is 0 Å². The van der Waals surface area contributed by atoms with E-state index in [-0.39, 0.29) is 0 Å². The van der Waals surface area contributed by atoms with Crippen molar-refractivity contribution in [1.82, 2.24) is 13.7 Å². The predicted molar refractivity (Wildman–Crippen MR) is 191 cm³/mol. The van der Waals surface area contributed by atoms with Gasteiger partial charge in [0.05, 0.1) is 8.07 Å². The van der Waals surface area contributed by atoms with Crippen LogP contribution in [0.15, 0.2) is 91.0 Å². The quantitative estimate of drug-likeness (QED) is 0.174. The van der Waals surface area contributed by atoms with Crippen LogP contribution in [-0.4, -0.2) is 21.8 Å². The highest BCUT2D eigenvalue weighted by atomic mass is 28.3. The molecule has 3 aromatic heterocycles. The van der Waals surface area contributed by atoms with Crippen LogP contribution in [0, 0.1) is 20.8 Å². The molecule has 3 aromatic carbocycles. The van der Waals surface area contributed by atoms with Gasteiger partial charge in [-0.15, -0.1) is 0 Å². The van der Waals surface area contributed by atoms with E-state index in [1.54, 1.807) is 0 Å². The summed E-state index contributed by atoms with van der Waals surface area (Å²) < 4.78 is 7.23. The van der Waals surface area contributed by atoms with Crippen molar-refractivity contribution in [3.05, 3.63) is 142 Å². The number of benzene rings is 3. The third kappa shape index (κ3) is 3.88. The van der Waals surface area contributed by atoms with Crippen molar-refractivity contribution >= 4 is 8.07 Å². The molecule has 3 heterocycles. The predicted octanol–water partition coefficient (Wildman–Crippen LogP) is 9.60. The molecule has 0 fully saturated rings. The lowest BCUT2D eigenvalue weighted by molar-refractivity contribution is 0.779. The molecular weight excluding hydrogens is 563 g/mol. The van der Waals surface area contributed by atoms with Gasteiger partial charge in [0, 0.05) is 89.5 Å². The van der Waals surface area contributed by atoms with Crippen molar-refractivity contribution in [3.8, 4) is 33.4 Å². The van der Waals surface area contributed by atoms with Gasteiger partial charge in [-0.1, -0.05) is 85.9 Å². The summed E-state index contributed by atoms with van der Waals surface area (Å²) >= 11 is 0. The van der Waals surface area contributed by atoms with E-state index in [9.17, 15) is 0 Å². The van der Waals surface area contributed by atoms with E-state index >= 15 is 0 Å². The maximum Gasteiger partial charge on any atom is 0.0769 e. The zero-order chi connectivity index (χ0) is 31.4. The summed E-state index contributed by atoms with van der Waals surface area (Å²) in [5.41, 5.74) is 22.8. The van der Waals surface area contributed by atoms with Gasteiger partial charge < -0.3 is 13.7 Å². The number of hydrogen-bond acceptors (Lipinski definition) is 0. The molecule has 2 atom stereocenters. The van der Waals surface area contributed by atoms with Crippen LogP contribution in [0.4, 0.5) is 0 Å². The molecule has 0 bridgehead atoms. The Hall–Kier alpha value is -4.28. The zero-order valence-electron chi connectivity index (χ0n) is 27.9. The monoisotopic (exact) mass is 605 g/mol.